The molecule has 0 saturated carbocycles. The van der Waals surface area contributed by atoms with Gasteiger partial charge < -0.3 is 29.1 Å². The minimum absolute atomic E-state index is 0.152. The van der Waals surface area contributed by atoms with Gasteiger partial charge in [-0.2, -0.15) is 0 Å². The second-order valence-corrected chi connectivity index (χ2v) is 15.0. The molecule has 2 atom stereocenters. The molecule has 12 nitrogen and oxygen atoms in total. The average Bonchev–Trinajstić information content (AvgIpc) is 3.85. The fraction of sp³-hybridized carbons (Fsp3) is 0.459. The fourth-order valence-corrected chi connectivity index (χ4v) is 6.80. The molecule has 2 saturated heterocycles. The number of rotatable bonds is 4. The smallest absolute Gasteiger partial charge is 0.410 e. The van der Waals surface area contributed by atoms with Crippen LogP contribution in [0.1, 0.15) is 91.0 Å². The summed E-state index contributed by atoms with van der Waals surface area (Å²) in [7, 11) is 2.02. The third-order valence-electron chi connectivity index (χ3n) is 9.05. The molecule has 3 aliphatic heterocycles. The van der Waals surface area contributed by atoms with E-state index in [1.165, 1.54) is 0 Å². The number of nitrogens with zero attached hydrogens (tertiary/aromatic N) is 5. The molecule has 49 heavy (non-hydrogen) atoms. The third kappa shape index (κ3) is 6.56. The molecule has 3 aliphatic rings. The zero-order valence-electron chi connectivity index (χ0n) is 29.3. The summed E-state index contributed by atoms with van der Waals surface area (Å²) < 4.78 is 17.7. The molecule has 2 aromatic heterocycles. The van der Waals surface area contributed by atoms with Gasteiger partial charge in [-0.3, -0.25) is 9.80 Å². The lowest BCUT2D eigenvalue weighted by molar-refractivity contribution is 0.0208. The third-order valence-corrected chi connectivity index (χ3v) is 9.05. The first-order valence-electron chi connectivity index (χ1n) is 17.0. The van der Waals surface area contributed by atoms with Crippen LogP contribution in [0.5, 0.6) is 11.5 Å². The summed E-state index contributed by atoms with van der Waals surface area (Å²) in [6.07, 6.45) is 6.53. The number of H-pyrrole nitrogens is 2. The van der Waals surface area contributed by atoms with Gasteiger partial charge in [0.15, 0.2) is 11.5 Å². The molecule has 4 aromatic rings. The number of benzene rings is 2. The summed E-state index contributed by atoms with van der Waals surface area (Å²) in [5.41, 5.74) is 4.27. The van der Waals surface area contributed by atoms with E-state index in [2.05, 4.69) is 25.9 Å². The molecular formula is C37H45N7O5. The molecule has 2 N–H and O–H groups in total. The number of imidazole rings is 2. The minimum atomic E-state index is -0.556. The van der Waals surface area contributed by atoms with Crippen LogP contribution in [0.3, 0.4) is 0 Å². The monoisotopic (exact) mass is 667 g/mol. The first-order valence-corrected chi connectivity index (χ1v) is 17.0. The maximum Gasteiger partial charge on any atom is 0.410 e. The molecule has 2 aromatic carbocycles. The number of amides is 2. The molecule has 5 heterocycles. The molecule has 7 rings (SSSR count). The van der Waals surface area contributed by atoms with E-state index in [4.69, 9.17) is 19.2 Å². The molecule has 0 radical (unpaired) electrons. The highest BCUT2D eigenvalue weighted by Gasteiger charge is 2.36. The van der Waals surface area contributed by atoms with Gasteiger partial charge in [0.25, 0.3) is 0 Å². The van der Waals surface area contributed by atoms with E-state index >= 15 is 0 Å². The number of hydrogen-bond acceptors (Lipinski definition) is 8. The maximum atomic E-state index is 12.9. The lowest BCUT2D eigenvalue weighted by Gasteiger charge is -2.30. The lowest BCUT2D eigenvalue weighted by Crippen LogP contribution is -2.36. The van der Waals surface area contributed by atoms with Crippen molar-refractivity contribution in [1.29, 1.82) is 0 Å². The molecule has 0 aliphatic carbocycles. The number of anilines is 2. The molecule has 0 unspecified atom stereocenters. The van der Waals surface area contributed by atoms with Gasteiger partial charge in [-0.15, -0.1) is 0 Å². The van der Waals surface area contributed by atoms with Crippen molar-refractivity contribution in [3.05, 3.63) is 60.4 Å². The Labute approximate surface area is 286 Å². The first-order chi connectivity index (χ1) is 23.2. The molecule has 0 bridgehead atoms. The van der Waals surface area contributed by atoms with Crippen molar-refractivity contribution in [2.24, 2.45) is 0 Å². The Morgan fingerprint density at radius 1 is 0.816 bits per heavy atom. The van der Waals surface area contributed by atoms with Crippen molar-refractivity contribution in [2.75, 3.05) is 25.0 Å². The van der Waals surface area contributed by atoms with Crippen molar-refractivity contribution >= 4 is 23.6 Å². The van der Waals surface area contributed by atoms with Crippen LogP contribution in [-0.4, -0.2) is 73.3 Å². The minimum Gasteiger partial charge on any atom is -0.453 e. The van der Waals surface area contributed by atoms with Crippen LogP contribution in [0.2, 0.25) is 0 Å². The Morgan fingerprint density at radius 2 is 1.45 bits per heavy atom. The van der Waals surface area contributed by atoms with Crippen LogP contribution in [0, 0.1) is 0 Å². The normalized spacial score (nSPS) is 19.0. The number of aromatic nitrogens is 4. The van der Waals surface area contributed by atoms with Gasteiger partial charge in [-0.25, -0.2) is 19.6 Å². The Balaban J connectivity index is 1.07. The van der Waals surface area contributed by atoms with Gasteiger partial charge in [-0.05, 0) is 97.6 Å². The molecule has 2 amide bonds. The van der Waals surface area contributed by atoms with E-state index in [-0.39, 0.29) is 24.3 Å². The molecular weight excluding hydrogens is 622 g/mol. The van der Waals surface area contributed by atoms with Gasteiger partial charge >= 0.3 is 12.2 Å². The predicted molar refractivity (Wildman–Crippen MR) is 186 cm³/mol. The van der Waals surface area contributed by atoms with Crippen LogP contribution in [-0.2, 0) is 9.47 Å². The van der Waals surface area contributed by atoms with Crippen LogP contribution in [0.25, 0.3) is 22.5 Å². The van der Waals surface area contributed by atoms with Gasteiger partial charge in [0.2, 0.25) is 0 Å². The van der Waals surface area contributed by atoms with Gasteiger partial charge in [0.1, 0.15) is 22.9 Å². The maximum absolute atomic E-state index is 12.9. The summed E-state index contributed by atoms with van der Waals surface area (Å²) in [5, 5.41) is 0. The second kappa shape index (κ2) is 12.2. The Bertz CT molecular complexity index is 1880. The van der Waals surface area contributed by atoms with Gasteiger partial charge in [-0.1, -0.05) is 6.07 Å². The van der Waals surface area contributed by atoms with E-state index in [0.717, 1.165) is 82.7 Å². The highest BCUT2D eigenvalue weighted by atomic mass is 16.6. The van der Waals surface area contributed by atoms with Crippen molar-refractivity contribution in [1.82, 2.24) is 29.7 Å². The van der Waals surface area contributed by atoms with Gasteiger partial charge in [0.05, 0.1) is 41.0 Å². The summed E-state index contributed by atoms with van der Waals surface area (Å²) in [6, 6.07) is 11.8. The molecule has 12 heteroatoms. The SMILES string of the molecule is CN1c2ccc(-c3cnc([C@@H]4CCCN4C(=O)OC(C)(C)C)[nH]3)cc2Oc2ccc(-c3c[nH]c([C@@H]4CCCN4C(=O)OC(C)(C)C)n3)cc21. The number of aromatic amines is 2. The predicted octanol–water partition coefficient (Wildman–Crippen LogP) is 8.48. The summed E-state index contributed by atoms with van der Waals surface area (Å²) in [6.45, 7) is 12.6. The summed E-state index contributed by atoms with van der Waals surface area (Å²) in [5.74, 6) is 2.98. The van der Waals surface area contributed by atoms with Crippen LogP contribution < -0.4 is 9.64 Å². The van der Waals surface area contributed by atoms with Crippen LogP contribution in [0.4, 0.5) is 21.0 Å². The quantitative estimate of drug-likeness (QED) is 0.222. The van der Waals surface area contributed by atoms with Gasteiger partial charge in [0, 0.05) is 37.5 Å². The summed E-state index contributed by atoms with van der Waals surface area (Å²) >= 11 is 0. The largest absolute Gasteiger partial charge is 0.453 e. The van der Waals surface area contributed by atoms with Crippen LogP contribution in [0.15, 0.2) is 48.8 Å². The number of carbonyl (C=O) groups is 2. The summed E-state index contributed by atoms with van der Waals surface area (Å²) in [4.78, 5) is 47.7. The van der Waals surface area contributed by atoms with E-state index in [1.807, 2.05) is 91.3 Å². The number of hydrogen-bond donors (Lipinski definition) is 2. The van der Waals surface area contributed by atoms with Crippen molar-refractivity contribution in [2.45, 2.75) is 90.5 Å². The van der Waals surface area contributed by atoms with Crippen molar-refractivity contribution in [3.63, 3.8) is 0 Å². The van der Waals surface area contributed by atoms with Crippen molar-refractivity contribution < 1.29 is 23.8 Å². The zero-order valence-corrected chi connectivity index (χ0v) is 29.3. The highest BCUT2D eigenvalue weighted by Crippen LogP contribution is 2.48. The Morgan fingerprint density at radius 3 is 2.10 bits per heavy atom. The topological polar surface area (TPSA) is 129 Å². The van der Waals surface area contributed by atoms with Crippen LogP contribution >= 0.6 is 0 Å². The standard InChI is InChI=1S/C37H45N7O5/c1-36(2,3)48-34(45)43-16-8-10-27(43)32-38-20-24(40-32)22-13-15-30-29(18-22)42(7)26-14-12-23(19-31(26)47-30)25-21-39-33(41-25)28-11-9-17-44(28)35(46)49-37(4,5)6/h12-15,18-21,27-28H,8-11,16-17H2,1-7H3,(H,38,40)(H,39,41)/t27-,28-/m0/s1. The van der Waals surface area contributed by atoms with E-state index in [0.29, 0.717) is 13.1 Å². The number of nitrogens with one attached hydrogen (secondary N) is 2. The highest BCUT2D eigenvalue weighted by molar-refractivity contribution is 5.83. The second-order valence-electron chi connectivity index (χ2n) is 15.0. The Kier molecular flexibility index (Phi) is 8.07. The number of ether oxygens (including phenoxy) is 3. The first kappa shape index (κ1) is 32.5. The fourth-order valence-electron chi connectivity index (χ4n) is 6.80. The molecule has 2 fully saturated rings. The number of fused-ring (bicyclic) bond motifs is 2. The number of carbonyl (C=O) groups excluding carboxylic acids is 2. The van der Waals surface area contributed by atoms with E-state index in [1.54, 1.807) is 9.80 Å². The van der Waals surface area contributed by atoms with Crippen molar-refractivity contribution in [3.8, 4) is 34.0 Å². The van der Waals surface area contributed by atoms with E-state index < -0.39 is 11.2 Å². The molecule has 0 spiro atoms. The average molecular weight is 668 g/mol. The Hall–Kier alpha value is -5.00. The lowest BCUT2D eigenvalue weighted by atomic mass is 10.1. The molecule has 258 valence electrons. The van der Waals surface area contributed by atoms with E-state index in [9.17, 15) is 9.59 Å². The zero-order chi connectivity index (χ0) is 34.7. The number of likely N-dealkylation sites (tertiary alicyclic amines) is 2.